The Morgan fingerprint density at radius 1 is 1.11 bits per heavy atom. The van der Waals surface area contributed by atoms with E-state index in [1.54, 1.807) is 43.4 Å². The summed E-state index contributed by atoms with van der Waals surface area (Å²) in [5.74, 6) is -0.297. The van der Waals surface area contributed by atoms with Crippen LogP contribution in [0.3, 0.4) is 0 Å². The molecule has 0 aliphatic heterocycles. The van der Waals surface area contributed by atoms with Crippen LogP contribution in [0.1, 0.15) is 11.1 Å². The first-order chi connectivity index (χ1) is 12.7. The van der Waals surface area contributed by atoms with Crippen LogP contribution in [-0.4, -0.2) is 45.8 Å². The van der Waals surface area contributed by atoms with Gasteiger partial charge in [0.25, 0.3) is 0 Å². The van der Waals surface area contributed by atoms with E-state index in [0.717, 1.165) is 5.56 Å². The van der Waals surface area contributed by atoms with Crippen LogP contribution in [0.5, 0.6) is 5.75 Å². The molecule has 0 unspecified atom stereocenters. The molecule has 0 spiro atoms. The molecule has 0 saturated carbocycles. The number of urea groups is 1. The van der Waals surface area contributed by atoms with Crippen molar-refractivity contribution < 1.29 is 22.3 Å². The molecule has 0 aromatic heterocycles. The number of rotatable bonds is 8. The molecule has 2 rings (SSSR count). The Kier molecular flexibility index (Phi) is 7.18. The lowest BCUT2D eigenvalue weighted by Gasteiger charge is -2.18. The van der Waals surface area contributed by atoms with Gasteiger partial charge in [-0.05, 0) is 23.3 Å². The fourth-order valence-corrected chi connectivity index (χ4v) is 3.12. The molecule has 0 bridgehead atoms. The molecule has 2 aromatic rings. The molecule has 2 amide bonds. The van der Waals surface area contributed by atoms with Crippen molar-refractivity contribution in [2.75, 3.05) is 26.5 Å². The van der Waals surface area contributed by atoms with Gasteiger partial charge in [0, 0.05) is 19.8 Å². The highest BCUT2D eigenvalue weighted by molar-refractivity contribution is 7.89. The number of sulfone groups is 1. The molecule has 8 heteroatoms. The van der Waals surface area contributed by atoms with E-state index in [1.807, 2.05) is 0 Å². The van der Waals surface area contributed by atoms with Crippen LogP contribution in [0.4, 0.5) is 9.18 Å². The van der Waals surface area contributed by atoms with Crippen molar-refractivity contribution in [2.45, 2.75) is 12.3 Å². The first-order valence-electron chi connectivity index (χ1n) is 8.36. The molecule has 146 valence electrons. The van der Waals surface area contributed by atoms with E-state index in [1.165, 1.54) is 23.3 Å². The predicted molar refractivity (Wildman–Crippen MR) is 102 cm³/mol. The third-order valence-corrected chi connectivity index (χ3v) is 4.62. The van der Waals surface area contributed by atoms with Crippen LogP contribution < -0.4 is 10.1 Å². The van der Waals surface area contributed by atoms with Crippen LogP contribution in [0.2, 0.25) is 0 Å². The number of likely N-dealkylation sites (N-methyl/N-ethyl adjacent to an activating group) is 1. The number of nitrogens with one attached hydrogen (secondary N) is 1. The SMILES string of the molecule is CN(CCOc1ccccc1F)C(=O)NCc1ccc(CS(C)(=O)=O)cc1. The van der Waals surface area contributed by atoms with Gasteiger partial charge in [-0.1, -0.05) is 36.4 Å². The topological polar surface area (TPSA) is 75.7 Å². The van der Waals surface area contributed by atoms with Crippen LogP contribution >= 0.6 is 0 Å². The molecular weight excluding hydrogens is 371 g/mol. The van der Waals surface area contributed by atoms with E-state index in [-0.39, 0.29) is 24.1 Å². The molecule has 6 nitrogen and oxygen atoms in total. The van der Waals surface area contributed by atoms with Crippen molar-refractivity contribution in [3.8, 4) is 5.75 Å². The summed E-state index contributed by atoms with van der Waals surface area (Å²) in [6.07, 6.45) is 1.19. The zero-order valence-electron chi connectivity index (χ0n) is 15.3. The number of nitrogens with zero attached hydrogens (tertiary/aromatic N) is 1. The summed E-state index contributed by atoms with van der Waals surface area (Å²) in [4.78, 5) is 13.5. The molecule has 0 atom stereocenters. The number of ether oxygens (including phenoxy) is 1. The van der Waals surface area contributed by atoms with Gasteiger partial charge in [0.05, 0.1) is 12.3 Å². The van der Waals surface area contributed by atoms with Crippen molar-refractivity contribution in [1.82, 2.24) is 10.2 Å². The fraction of sp³-hybridized carbons (Fsp3) is 0.316. The number of hydrogen-bond donors (Lipinski definition) is 1. The van der Waals surface area contributed by atoms with Crippen molar-refractivity contribution in [2.24, 2.45) is 0 Å². The van der Waals surface area contributed by atoms with E-state index >= 15 is 0 Å². The van der Waals surface area contributed by atoms with Gasteiger partial charge in [-0.3, -0.25) is 0 Å². The average molecular weight is 394 g/mol. The van der Waals surface area contributed by atoms with Crippen LogP contribution in [0.25, 0.3) is 0 Å². The second kappa shape index (κ2) is 9.36. The van der Waals surface area contributed by atoms with Crippen molar-refractivity contribution in [1.29, 1.82) is 0 Å². The van der Waals surface area contributed by atoms with Crippen LogP contribution in [-0.2, 0) is 22.1 Å². The van der Waals surface area contributed by atoms with E-state index in [9.17, 15) is 17.6 Å². The minimum Gasteiger partial charge on any atom is -0.489 e. The molecule has 0 heterocycles. The first-order valence-corrected chi connectivity index (χ1v) is 10.4. The quantitative estimate of drug-likeness (QED) is 0.747. The summed E-state index contributed by atoms with van der Waals surface area (Å²) < 4.78 is 41.3. The highest BCUT2D eigenvalue weighted by Gasteiger charge is 2.09. The maximum atomic E-state index is 13.4. The molecule has 0 radical (unpaired) electrons. The summed E-state index contributed by atoms with van der Waals surface area (Å²) in [6, 6.07) is 12.8. The van der Waals surface area contributed by atoms with Crippen molar-refractivity contribution >= 4 is 15.9 Å². The minimum atomic E-state index is -3.07. The van der Waals surface area contributed by atoms with Gasteiger partial charge in [0.1, 0.15) is 6.61 Å². The zero-order valence-corrected chi connectivity index (χ0v) is 16.1. The summed E-state index contributed by atoms with van der Waals surface area (Å²) in [6.45, 7) is 0.787. The zero-order chi connectivity index (χ0) is 19.9. The summed E-state index contributed by atoms with van der Waals surface area (Å²) in [7, 11) is -1.45. The normalized spacial score (nSPS) is 11.1. The molecule has 0 aliphatic carbocycles. The Morgan fingerprint density at radius 2 is 1.74 bits per heavy atom. The highest BCUT2D eigenvalue weighted by Crippen LogP contribution is 2.15. The maximum absolute atomic E-state index is 13.4. The highest BCUT2D eigenvalue weighted by atomic mass is 32.2. The first kappa shape index (κ1) is 20.7. The van der Waals surface area contributed by atoms with Crippen LogP contribution in [0.15, 0.2) is 48.5 Å². The number of benzene rings is 2. The van der Waals surface area contributed by atoms with E-state index in [4.69, 9.17) is 4.74 Å². The van der Waals surface area contributed by atoms with Gasteiger partial charge in [-0.25, -0.2) is 17.6 Å². The number of amides is 2. The third-order valence-electron chi connectivity index (χ3n) is 3.76. The van der Waals surface area contributed by atoms with Crippen molar-refractivity contribution in [3.63, 3.8) is 0 Å². The Morgan fingerprint density at radius 3 is 2.37 bits per heavy atom. The second-order valence-electron chi connectivity index (χ2n) is 6.25. The average Bonchev–Trinajstić information content (AvgIpc) is 2.61. The predicted octanol–water partition coefficient (Wildman–Crippen LogP) is 2.59. The third kappa shape index (κ3) is 7.26. The number of hydrogen-bond acceptors (Lipinski definition) is 4. The Hall–Kier alpha value is -2.61. The molecule has 2 aromatic carbocycles. The Balaban J connectivity index is 1.75. The maximum Gasteiger partial charge on any atom is 0.317 e. The largest absolute Gasteiger partial charge is 0.489 e. The van der Waals surface area contributed by atoms with Gasteiger partial charge in [0.15, 0.2) is 21.4 Å². The monoisotopic (exact) mass is 394 g/mol. The number of carbonyl (C=O) groups excluding carboxylic acids is 1. The fourth-order valence-electron chi connectivity index (χ4n) is 2.32. The van der Waals surface area contributed by atoms with Gasteiger partial charge in [-0.15, -0.1) is 0 Å². The summed E-state index contributed by atoms with van der Waals surface area (Å²) >= 11 is 0. The number of para-hydroxylation sites is 1. The molecule has 1 N–H and O–H groups in total. The number of carbonyl (C=O) groups is 1. The molecular formula is C19H23FN2O4S. The lowest BCUT2D eigenvalue weighted by molar-refractivity contribution is 0.193. The standard InChI is InChI=1S/C19H23FN2O4S/c1-22(11-12-26-18-6-4-3-5-17(18)20)19(23)21-13-15-7-9-16(10-8-15)14-27(2,24)25/h3-10H,11-14H2,1-2H3,(H,21,23). The summed E-state index contributed by atoms with van der Waals surface area (Å²) in [5.41, 5.74) is 1.56. The van der Waals surface area contributed by atoms with E-state index < -0.39 is 15.7 Å². The van der Waals surface area contributed by atoms with Gasteiger partial charge < -0.3 is 15.0 Å². The van der Waals surface area contributed by atoms with E-state index in [2.05, 4.69) is 5.32 Å². The smallest absolute Gasteiger partial charge is 0.317 e. The summed E-state index contributed by atoms with van der Waals surface area (Å²) in [5, 5.41) is 2.77. The number of halogens is 1. The lowest BCUT2D eigenvalue weighted by atomic mass is 10.1. The molecule has 0 aliphatic rings. The minimum absolute atomic E-state index is 0.00954. The van der Waals surface area contributed by atoms with E-state index in [0.29, 0.717) is 18.7 Å². The van der Waals surface area contributed by atoms with Crippen LogP contribution in [0, 0.1) is 5.82 Å². The molecule has 0 fully saturated rings. The lowest BCUT2D eigenvalue weighted by Crippen LogP contribution is -2.39. The molecule has 27 heavy (non-hydrogen) atoms. The Bertz CT molecular complexity index is 870. The Labute approximate surface area is 158 Å². The van der Waals surface area contributed by atoms with Crippen molar-refractivity contribution in [3.05, 3.63) is 65.5 Å². The van der Waals surface area contributed by atoms with Gasteiger partial charge in [0.2, 0.25) is 0 Å². The molecule has 0 saturated heterocycles. The second-order valence-corrected chi connectivity index (χ2v) is 8.39. The van der Waals surface area contributed by atoms with Gasteiger partial charge in [-0.2, -0.15) is 0 Å². The van der Waals surface area contributed by atoms with Gasteiger partial charge >= 0.3 is 6.03 Å².